The van der Waals surface area contributed by atoms with E-state index in [4.69, 9.17) is 0 Å². The number of hydrogen-bond donors (Lipinski definition) is 0. The van der Waals surface area contributed by atoms with Crippen LogP contribution in [0.4, 0.5) is 0 Å². The molecular weight excluding hydrogens is 363 g/mol. The zero-order valence-electron chi connectivity index (χ0n) is 8.30. The van der Waals surface area contributed by atoms with Crippen molar-refractivity contribution < 1.29 is 0 Å². The van der Waals surface area contributed by atoms with Crippen molar-refractivity contribution in [2.24, 2.45) is 0 Å². The van der Waals surface area contributed by atoms with Gasteiger partial charge in [-0.05, 0) is 68.2 Å². The third kappa shape index (κ3) is 2.42. The molecule has 0 saturated heterocycles. The summed E-state index contributed by atoms with van der Waals surface area (Å²) in [6.07, 6.45) is 0. The van der Waals surface area contributed by atoms with E-state index in [9.17, 15) is 0 Å². The molecular formula is C13H10BrI. The second-order valence-electron chi connectivity index (χ2n) is 3.47. The van der Waals surface area contributed by atoms with Gasteiger partial charge in [-0.1, -0.05) is 36.4 Å². The molecule has 0 spiro atoms. The van der Waals surface area contributed by atoms with Gasteiger partial charge in [0.25, 0.3) is 0 Å². The van der Waals surface area contributed by atoms with Crippen LogP contribution in [0.2, 0.25) is 0 Å². The number of hydrogen-bond acceptors (Lipinski definition) is 0. The summed E-state index contributed by atoms with van der Waals surface area (Å²) in [5.74, 6) is 0. The molecule has 0 aliphatic carbocycles. The Hall–Kier alpha value is -0.350. The SMILES string of the molecule is Cc1cc(Br)c(I)c(-c2ccccc2)c1. The van der Waals surface area contributed by atoms with Gasteiger partial charge in [0.2, 0.25) is 0 Å². The normalized spacial score (nSPS) is 10.3. The van der Waals surface area contributed by atoms with E-state index in [2.05, 4.69) is 81.8 Å². The molecule has 0 heterocycles. The van der Waals surface area contributed by atoms with E-state index < -0.39 is 0 Å². The molecule has 0 radical (unpaired) electrons. The van der Waals surface area contributed by atoms with Crippen LogP contribution in [-0.2, 0) is 0 Å². The third-order valence-corrected chi connectivity index (χ3v) is 4.79. The van der Waals surface area contributed by atoms with E-state index in [1.165, 1.54) is 24.7 Å². The van der Waals surface area contributed by atoms with Crippen molar-refractivity contribution in [3.8, 4) is 11.1 Å². The molecule has 0 aliphatic rings. The fourth-order valence-corrected chi connectivity index (χ4v) is 2.75. The van der Waals surface area contributed by atoms with Crippen LogP contribution >= 0.6 is 38.5 Å². The second kappa shape index (κ2) is 4.66. The lowest BCUT2D eigenvalue weighted by Crippen LogP contribution is -1.86. The van der Waals surface area contributed by atoms with Crippen molar-refractivity contribution in [3.63, 3.8) is 0 Å². The Kier molecular flexibility index (Phi) is 3.46. The molecule has 2 aromatic carbocycles. The van der Waals surface area contributed by atoms with Crippen molar-refractivity contribution >= 4 is 38.5 Å². The van der Waals surface area contributed by atoms with Crippen LogP contribution in [0.25, 0.3) is 11.1 Å². The van der Waals surface area contributed by atoms with Crippen molar-refractivity contribution in [1.29, 1.82) is 0 Å². The smallest absolute Gasteiger partial charge is 0.0351 e. The lowest BCUT2D eigenvalue weighted by Gasteiger charge is -2.08. The maximum atomic E-state index is 3.59. The molecule has 0 fully saturated rings. The molecule has 0 unspecified atom stereocenters. The molecule has 0 amide bonds. The van der Waals surface area contributed by atoms with E-state index in [1.807, 2.05) is 6.07 Å². The molecule has 0 saturated carbocycles. The maximum absolute atomic E-state index is 3.59. The first-order valence-corrected chi connectivity index (χ1v) is 6.57. The summed E-state index contributed by atoms with van der Waals surface area (Å²) in [6.45, 7) is 2.12. The van der Waals surface area contributed by atoms with Crippen LogP contribution in [0, 0.1) is 10.5 Å². The summed E-state index contributed by atoms with van der Waals surface area (Å²) in [6, 6.07) is 14.8. The zero-order chi connectivity index (χ0) is 10.8. The average Bonchev–Trinajstić information content (AvgIpc) is 2.24. The van der Waals surface area contributed by atoms with Gasteiger partial charge in [0, 0.05) is 8.04 Å². The average molecular weight is 373 g/mol. The van der Waals surface area contributed by atoms with E-state index in [-0.39, 0.29) is 0 Å². The first-order valence-electron chi connectivity index (χ1n) is 4.69. The first-order chi connectivity index (χ1) is 7.18. The highest BCUT2D eigenvalue weighted by Crippen LogP contribution is 2.31. The van der Waals surface area contributed by atoms with Crippen LogP contribution in [0.15, 0.2) is 46.9 Å². The highest BCUT2D eigenvalue weighted by atomic mass is 127. The van der Waals surface area contributed by atoms with Crippen LogP contribution in [-0.4, -0.2) is 0 Å². The molecule has 0 bridgehead atoms. The minimum absolute atomic E-state index is 1.17. The predicted molar refractivity (Wildman–Crippen MR) is 77.0 cm³/mol. The second-order valence-corrected chi connectivity index (χ2v) is 5.41. The molecule has 2 heteroatoms. The van der Waals surface area contributed by atoms with Gasteiger partial charge in [0.15, 0.2) is 0 Å². The highest BCUT2D eigenvalue weighted by Gasteiger charge is 2.06. The van der Waals surface area contributed by atoms with Gasteiger partial charge in [-0.3, -0.25) is 0 Å². The van der Waals surface area contributed by atoms with Gasteiger partial charge >= 0.3 is 0 Å². The Balaban J connectivity index is 2.63. The van der Waals surface area contributed by atoms with E-state index in [0.29, 0.717) is 0 Å². The van der Waals surface area contributed by atoms with Crippen molar-refractivity contribution in [1.82, 2.24) is 0 Å². The lowest BCUT2D eigenvalue weighted by molar-refractivity contribution is 1.42. The summed E-state index contributed by atoms with van der Waals surface area (Å²) in [4.78, 5) is 0. The summed E-state index contributed by atoms with van der Waals surface area (Å²) < 4.78 is 2.44. The Morgan fingerprint density at radius 2 is 1.73 bits per heavy atom. The monoisotopic (exact) mass is 372 g/mol. The molecule has 0 nitrogen and oxygen atoms in total. The van der Waals surface area contributed by atoms with E-state index in [1.54, 1.807) is 0 Å². The van der Waals surface area contributed by atoms with Gasteiger partial charge < -0.3 is 0 Å². The van der Waals surface area contributed by atoms with Gasteiger partial charge in [0.05, 0.1) is 0 Å². The summed E-state index contributed by atoms with van der Waals surface area (Å²) in [5, 5.41) is 0. The molecule has 2 aromatic rings. The first kappa shape index (κ1) is 11.1. The van der Waals surface area contributed by atoms with E-state index >= 15 is 0 Å². The predicted octanol–water partition coefficient (Wildman–Crippen LogP) is 5.03. The van der Waals surface area contributed by atoms with Crippen LogP contribution in [0.1, 0.15) is 5.56 Å². The fraction of sp³-hybridized carbons (Fsp3) is 0.0769. The molecule has 76 valence electrons. The summed E-state index contributed by atoms with van der Waals surface area (Å²) >= 11 is 5.96. The van der Waals surface area contributed by atoms with Gasteiger partial charge in [-0.15, -0.1) is 0 Å². The number of aryl methyl sites for hydroxylation is 1. The minimum atomic E-state index is 1.17. The number of rotatable bonds is 1. The van der Waals surface area contributed by atoms with Crippen LogP contribution < -0.4 is 0 Å². The third-order valence-electron chi connectivity index (χ3n) is 2.26. The Labute approximate surface area is 112 Å². The molecule has 2 rings (SSSR count). The quantitative estimate of drug-likeness (QED) is 0.616. The summed E-state index contributed by atoms with van der Waals surface area (Å²) in [7, 11) is 0. The lowest BCUT2D eigenvalue weighted by atomic mass is 10.0. The molecule has 15 heavy (non-hydrogen) atoms. The topological polar surface area (TPSA) is 0 Å². The van der Waals surface area contributed by atoms with Gasteiger partial charge in [-0.2, -0.15) is 0 Å². The van der Waals surface area contributed by atoms with Crippen molar-refractivity contribution in [2.75, 3.05) is 0 Å². The molecule has 0 aliphatic heterocycles. The fourth-order valence-electron chi connectivity index (χ4n) is 1.55. The summed E-state index contributed by atoms with van der Waals surface area (Å²) in [5.41, 5.74) is 3.84. The standard InChI is InChI=1S/C13H10BrI/c1-9-7-11(13(15)12(14)8-9)10-5-3-2-4-6-10/h2-8H,1H3. The Morgan fingerprint density at radius 1 is 1.07 bits per heavy atom. The zero-order valence-corrected chi connectivity index (χ0v) is 12.0. The molecule has 0 aromatic heterocycles. The molecule has 0 N–H and O–H groups in total. The number of halogens is 2. The van der Waals surface area contributed by atoms with Gasteiger partial charge in [-0.25, -0.2) is 0 Å². The Morgan fingerprint density at radius 3 is 2.40 bits per heavy atom. The largest absolute Gasteiger partial charge is 0.0622 e. The number of benzene rings is 2. The van der Waals surface area contributed by atoms with Crippen molar-refractivity contribution in [2.45, 2.75) is 6.92 Å². The van der Waals surface area contributed by atoms with Crippen LogP contribution in [0.3, 0.4) is 0 Å². The molecule has 0 atom stereocenters. The van der Waals surface area contributed by atoms with Crippen molar-refractivity contribution in [3.05, 3.63) is 56.1 Å². The van der Waals surface area contributed by atoms with E-state index in [0.717, 1.165) is 0 Å². The van der Waals surface area contributed by atoms with Gasteiger partial charge in [0.1, 0.15) is 0 Å². The van der Waals surface area contributed by atoms with Crippen LogP contribution in [0.5, 0.6) is 0 Å². The Bertz CT molecular complexity index is 477. The minimum Gasteiger partial charge on any atom is -0.0622 e. The maximum Gasteiger partial charge on any atom is 0.0351 e. The highest BCUT2D eigenvalue weighted by molar-refractivity contribution is 14.1.